The fraction of sp³-hybridized carbons (Fsp3) is 0.463. The zero-order valence-electron chi connectivity index (χ0n) is 31.1. The number of aromatic nitrogens is 2. The number of carbonyl (C=O) groups excluding carboxylic acids is 3. The average molecular weight is 773 g/mol. The van der Waals surface area contributed by atoms with Crippen LogP contribution in [-0.4, -0.2) is 77.8 Å². The molecule has 2 aromatic carbocycles. The van der Waals surface area contributed by atoms with Gasteiger partial charge in [-0.05, 0) is 92.6 Å². The van der Waals surface area contributed by atoms with Crippen molar-refractivity contribution in [2.45, 2.75) is 92.9 Å². The Hall–Kier alpha value is -3.94. The summed E-state index contributed by atoms with van der Waals surface area (Å²) >= 11 is 8.58. The molecular weight excluding hydrogens is 720 g/mol. The van der Waals surface area contributed by atoms with Gasteiger partial charge in [-0.25, -0.2) is 4.98 Å². The number of H-pyrrole nitrogens is 1. The first-order chi connectivity index (χ1) is 26.3. The highest BCUT2D eigenvalue weighted by Crippen LogP contribution is 2.40. The molecule has 0 bridgehead atoms. The number of halogens is 1. The van der Waals surface area contributed by atoms with E-state index in [0.717, 1.165) is 75.6 Å². The number of nitrogens with one attached hydrogen (secondary N) is 3. The molecule has 3 atom stereocenters. The van der Waals surface area contributed by atoms with Crippen LogP contribution >= 0.6 is 23.4 Å². The van der Waals surface area contributed by atoms with Crippen LogP contribution < -0.4 is 27.0 Å². The van der Waals surface area contributed by atoms with Crippen LogP contribution in [0.15, 0.2) is 70.8 Å². The molecule has 288 valence electrons. The lowest BCUT2D eigenvalue weighted by Gasteiger charge is -2.31. The molecular formula is C41H53ClN8O3S. The van der Waals surface area contributed by atoms with Crippen LogP contribution in [0.25, 0.3) is 10.9 Å². The molecule has 13 heteroatoms. The van der Waals surface area contributed by atoms with Crippen molar-refractivity contribution in [3.8, 4) is 0 Å². The summed E-state index contributed by atoms with van der Waals surface area (Å²) in [4.78, 5) is 56.0. The largest absolute Gasteiger partial charge is 0.371 e. The second-order valence-corrected chi connectivity index (χ2v) is 15.8. The maximum atomic E-state index is 14.6. The third kappa shape index (κ3) is 9.64. The molecule has 2 aliphatic heterocycles. The van der Waals surface area contributed by atoms with E-state index >= 15 is 0 Å². The van der Waals surface area contributed by atoms with Gasteiger partial charge in [0.2, 0.25) is 11.8 Å². The second-order valence-electron chi connectivity index (χ2n) is 14.4. The average Bonchev–Trinajstić information content (AvgIpc) is 3.87. The molecule has 2 aromatic heterocycles. The summed E-state index contributed by atoms with van der Waals surface area (Å²) < 4.78 is 0. The van der Waals surface area contributed by atoms with E-state index in [4.69, 9.17) is 28.1 Å². The zero-order valence-corrected chi connectivity index (χ0v) is 32.7. The van der Waals surface area contributed by atoms with Gasteiger partial charge in [0, 0.05) is 85.9 Å². The Balaban J connectivity index is 1.42. The summed E-state index contributed by atoms with van der Waals surface area (Å²) in [5.41, 5.74) is 16.5. The summed E-state index contributed by atoms with van der Waals surface area (Å²) in [7, 11) is 1.69. The minimum absolute atomic E-state index is 0.0480. The number of Topliss-reactive ketones (excluding diaryl/α,β-unsaturated/α-hetero) is 1. The van der Waals surface area contributed by atoms with Crippen molar-refractivity contribution in [1.29, 1.82) is 0 Å². The summed E-state index contributed by atoms with van der Waals surface area (Å²) in [5, 5.41) is 9.04. The molecule has 2 amide bonds. The Kier molecular flexibility index (Phi) is 14.0. The third-order valence-corrected chi connectivity index (χ3v) is 12.4. The van der Waals surface area contributed by atoms with E-state index in [-0.39, 0.29) is 37.0 Å². The summed E-state index contributed by atoms with van der Waals surface area (Å²) in [6.07, 6.45) is 9.34. The van der Waals surface area contributed by atoms with Crippen LogP contribution in [0.5, 0.6) is 0 Å². The normalized spacial score (nSPS) is 20.5. The van der Waals surface area contributed by atoms with Gasteiger partial charge in [0.25, 0.3) is 0 Å². The smallest absolute Gasteiger partial charge is 0.243 e. The Bertz CT molecular complexity index is 1910. The van der Waals surface area contributed by atoms with Crippen molar-refractivity contribution in [1.82, 2.24) is 25.5 Å². The maximum Gasteiger partial charge on any atom is 0.243 e. The highest BCUT2D eigenvalue weighted by atomic mass is 35.5. The van der Waals surface area contributed by atoms with Crippen molar-refractivity contribution in [3.05, 3.63) is 82.6 Å². The molecule has 4 aromatic rings. The number of carbonyl (C=O) groups is 3. The van der Waals surface area contributed by atoms with Crippen molar-refractivity contribution >= 4 is 57.6 Å². The lowest BCUT2D eigenvalue weighted by molar-refractivity contribution is -0.143. The summed E-state index contributed by atoms with van der Waals surface area (Å²) in [6.45, 7) is 3.43. The molecule has 0 aliphatic carbocycles. The number of para-hydroxylation sites is 1. The number of aromatic amines is 1. The first-order valence-electron chi connectivity index (χ1n) is 19.2. The van der Waals surface area contributed by atoms with Gasteiger partial charge in [-0.2, -0.15) is 0 Å². The second kappa shape index (κ2) is 19.1. The number of ketones is 1. The zero-order chi connectivity index (χ0) is 38.0. The number of nitrogens with two attached hydrogens (primary N) is 2. The number of hydrogen-bond donors (Lipinski definition) is 5. The number of nitrogens with zero attached hydrogens (tertiary/aromatic N) is 3. The van der Waals surface area contributed by atoms with E-state index < -0.39 is 18.0 Å². The fourth-order valence-corrected chi connectivity index (χ4v) is 8.95. The third-order valence-electron chi connectivity index (χ3n) is 10.7. The van der Waals surface area contributed by atoms with Gasteiger partial charge in [-0.3, -0.25) is 14.4 Å². The van der Waals surface area contributed by atoms with Crippen LogP contribution in [0.4, 0.5) is 5.69 Å². The number of hydrogen-bond acceptors (Lipinski definition) is 9. The molecule has 0 saturated carbocycles. The van der Waals surface area contributed by atoms with Crippen LogP contribution in [0.1, 0.15) is 68.1 Å². The predicted molar refractivity (Wildman–Crippen MR) is 217 cm³/mol. The minimum atomic E-state index is -0.846. The van der Waals surface area contributed by atoms with Gasteiger partial charge >= 0.3 is 0 Å². The molecule has 11 nitrogen and oxygen atoms in total. The lowest BCUT2D eigenvalue weighted by atomic mass is 9.90. The number of fused-ring (bicyclic) bond motifs is 3. The Morgan fingerprint density at radius 3 is 2.54 bits per heavy atom. The number of pyridine rings is 1. The van der Waals surface area contributed by atoms with Crippen molar-refractivity contribution in [2.75, 3.05) is 38.1 Å². The van der Waals surface area contributed by atoms with Crippen molar-refractivity contribution in [2.24, 2.45) is 17.4 Å². The SMILES string of the molecule is CN1C(=O)[C@H](CCCCN)CC(=O)[C@H](CCCN)NCc2cccnc2Sc2c(Cl)cc(N3CCCC3)cc2CNC(=O)[C@@H]1Cc1c[nH]c2ccccc12. The Labute approximate surface area is 327 Å². The van der Waals surface area contributed by atoms with Gasteiger partial charge in [-0.15, -0.1) is 0 Å². The highest BCUT2D eigenvalue weighted by molar-refractivity contribution is 7.99. The van der Waals surface area contributed by atoms with Gasteiger partial charge in [0.15, 0.2) is 5.78 Å². The van der Waals surface area contributed by atoms with E-state index in [2.05, 4.69) is 26.6 Å². The number of benzene rings is 2. The van der Waals surface area contributed by atoms with Crippen molar-refractivity contribution in [3.63, 3.8) is 0 Å². The molecule has 6 rings (SSSR count). The van der Waals surface area contributed by atoms with Crippen LogP contribution in [0.2, 0.25) is 5.02 Å². The van der Waals surface area contributed by atoms with Crippen LogP contribution in [0, 0.1) is 5.92 Å². The number of likely N-dealkylation sites (N-methyl/N-ethyl adjacent to an activating group) is 1. The molecule has 2 aliphatic rings. The lowest BCUT2D eigenvalue weighted by Crippen LogP contribution is -2.51. The van der Waals surface area contributed by atoms with Crippen LogP contribution in [0.3, 0.4) is 0 Å². The Morgan fingerprint density at radius 1 is 0.944 bits per heavy atom. The predicted octanol–water partition coefficient (Wildman–Crippen LogP) is 5.57. The van der Waals surface area contributed by atoms with E-state index in [0.29, 0.717) is 50.3 Å². The molecule has 7 N–H and O–H groups in total. The number of rotatable bonds is 10. The van der Waals surface area contributed by atoms with E-state index in [1.54, 1.807) is 18.1 Å². The quantitative estimate of drug-likeness (QED) is 0.130. The Morgan fingerprint density at radius 2 is 1.74 bits per heavy atom. The number of anilines is 1. The van der Waals surface area contributed by atoms with E-state index in [1.807, 2.05) is 48.7 Å². The monoisotopic (exact) mass is 772 g/mol. The number of amides is 2. The van der Waals surface area contributed by atoms with Gasteiger partial charge in [0.05, 0.1) is 11.1 Å². The molecule has 54 heavy (non-hydrogen) atoms. The van der Waals surface area contributed by atoms with Crippen molar-refractivity contribution < 1.29 is 14.4 Å². The maximum absolute atomic E-state index is 14.6. The molecule has 1 fully saturated rings. The van der Waals surface area contributed by atoms with Gasteiger partial charge < -0.3 is 36.9 Å². The highest BCUT2D eigenvalue weighted by Gasteiger charge is 2.34. The summed E-state index contributed by atoms with van der Waals surface area (Å²) in [5.74, 6) is -1.18. The summed E-state index contributed by atoms with van der Waals surface area (Å²) in [6, 6.07) is 14.6. The standard InChI is InChI=1S/C41H53ClN8O3S/c1-49-36(21-29-25-46-34-13-3-2-12-32(29)34)39(52)48-26-30-20-31(50-18-6-7-19-50)23-33(42)38(30)54-40-28(11-9-17-45-40)24-47-35(14-8-16-44)37(51)22-27(41(49)53)10-4-5-15-43/h2-3,9,11-13,17,20,23,25,27,35-36,46-47H,4-8,10,14-16,18-19,21-22,24,26,43-44H2,1H3,(H,48,52)/t27-,35+,36+/m1/s1. The van der Waals surface area contributed by atoms with E-state index in [9.17, 15) is 14.4 Å². The molecule has 4 heterocycles. The molecule has 1 saturated heterocycles. The molecule has 0 radical (unpaired) electrons. The number of unbranched alkanes of at least 4 members (excludes halogenated alkanes) is 1. The minimum Gasteiger partial charge on any atom is -0.371 e. The molecule has 0 unspecified atom stereocenters. The fourth-order valence-electron chi connectivity index (χ4n) is 7.61. The first kappa shape index (κ1) is 39.7. The topological polar surface area (TPSA) is 162 Å². The first-order valence-corrected chi connectivity index (χ1v) is 20.4. The van der Waals surface area contributed by atoms with E-state index in [1.165, 1.54) is 11.8 Å². The molecule has 0 spiro atoms. The van der Waals surface area contributed by atoms with Gasteiger partial charge in [-0.1, -0.05) is 54.0 Å². The van der Waals surface area contributed by atoms with Gasteiger partial charge in [0.1, 0.15) is 11.1 Å². The van der Waals surface area contributed by atoms with Crippen LogP contribution in [-0.2, 0) is 33.9 Å².